The number of hydrogen-bond donors (Lipinski definition) is 1. The van der Waals surface area contributed by atoms with Gasteiger partial charge in [0.15, 0.2) is 16.3 Å². The second-order valence-corrected chi connectivity index (χ2v) is 10.3. The van der Waals surface area contributed by atoms with Gasteiger partial charge in [0, 0.05) is 5.69 Å². The molecule has 1 N–H and O–H groups in total. The number of allylic oxidation sites excluding steroid dienone is 1. The molecule has 0 saturated heterocycles. The van der Waals surface area contributed by atoms with Crippen molar-refractivity contribution in [3.05, 3.63) is 114 Å². The van der Waals surface area contributed by atoms with Crippen LogP contribution in [0.15, 0.2) is 87.8 Å². The van der Waals surface area contributed by atoms with Crippen molar-refractivity contribution >= 4 is 40.6 Å². The van der Waals surface area contributed by atoms with Crippen molar-refractivity contribution in [3.63, 3.8) is 0 Å². The van der Waals surface area contributed by atoms with Gasteiger partial charge in [-0.3, -0.25) is 14.2 Å². The van der Waals surface area contributed by atoms with Gasteiger partial charge in [0.25, 0.3) is 11.5 Å². The summed E-state index contributed by atoms with van der Waals surface area (Å²) in [5.74, 6) is 1.18. The third kappa shape index (κ3) is 5.13. The van der Waals surface area contributed by atoms with Crippen LogP contribution in [0, 0.1) is 0 Å². The summed E-state index contributed by atoms with van der Waals surface area (Å²) >= 11 is 7.64. The normalized spacial score (nSPS) is 14.8. The molecule has 0 fully saturated rings. The predicted octanol–water partition coefficient (Wildman–Crippen LogP) is 4.55. The van der Waals surface area contributed by atoms with Crippen LogP contribution in [0.25, 0.3) is 6.08 Å². The molecule has 0 radical (unpaired) electrons. The number of amides is 1. The molecule has 1 aromatic heterocycles. The fraction of sp³-hybridized carbons (Fsp3) is 0.167. The predicted molar refractivity (Wildman–Crippen MR) is 156 cm³/mol. The molecule has 3 aromatic carbocycles. The van der Waals surface area contributed by atoms with Crippen LogP contribution >= 0.6 is 22.9 Å². The van der Waals surface area contributed by atoms with Gasteiger partial charge in [-0.1, -0.05) is 53.3 Å². The van der Waals surface area contributed by atoms with Crippen molar-refractivity contribution in [1.82, 2.24) is 4.57 Å². The standard InChI is InChI=1S/C30H26ClN3O5S/c1-17-25(28(35)33-20-8-6-5-7-9-20)26(19-10-12-21(37-2)13-11-19)34-29(36)24(40-30(34)32-17)16-18-14-22(31)27(39-4)23(15-18)38-3/h5-16,26H,1-4H3,(H,33,35)/b24-16+/t26-/m0/s1. The Balaban J connectivity index is 1.67. The van der Waals surface area contributed by atoms with E-state index in [2.05, 4.69) is 10.3 Å². The number of para-hydroxylation sites is 1. The zero-order chi connectivity index (χ0) is 28.4. The van der Waals surface area contributed by atoms with Crippen molar-refractivity contribution in [2.24, 2.45) is 4.99 Å². The highest BCUT2D eigenvalue weighted by Gasteiger charge is 2.32. The molecule has 5 rings (SSSR count). The number of aromatic nitrogens is 1. The maximum Gasteiger partial charge on any atom is 0.271 e. The van der Waals surface area contributed by atoms with Gasteiger partial charge in [-0.15, -0.1) is 0 Å². The first kappa shape index (κ1) is 27.2. The van der Waals surface area contributed by atoms with Crippen LogP contribution in [-0.4, -0.2) is 31.8 Å². The van der Waals surface area contributed by atoms with E-state index in [-0.39, 0.29) is 11.5 Å². The Kier molecular flexibility index (Phi) is 7.77. The average molecular weight is 576 g/mol. The molecule has 10 heteroatoms. The summed E-state index contributed by atoms with van der Waals surface area (Å²) in [6.07, 6.45) is 1.73. The molecule has 0 spiro atoms. The summed E-state index contributed by atoms with van der Waals surface area (Å²) < 4.78 is 18.1. The SMILES string of the molecule is COc1ccc([C@H]2C(C(=O)Nc3ccccc3)=C(C)N=c3s/c(=C/c4cc(Cl)c(OC)c(OC)c4)c(=O)n32)cc1. The van der Waals surface area contributed by atoms with Gasteiger partial charge in [0.1, 0.15) is 5.75 Å². The molecule has 1 atom stereocenters. The van der Waals surface area contributed by atoms with Crippen LogP contribution in [0.5, 0.6) is 17.2 Å². The zero-order valence-corrected chi connectivity index (χ0v) is 23.8. The largest absolute Gasteiger partial charge is 0.497 e. The number of thiazole rings is 1. The van der Waals surface area contributed by atoms with Crippen molar-refractivity contribution in [2.45, 2.75) is 13.0 Å². The number of halogens is 1. The number of methoxy groups -OCH3 is 3. The average Bonchev–Trinajstić information content (AvgIpc) is 3.26. The van der Waals surface area contributed by atoms with E-state index in [9.17, 15) is 9.59 Å². The minimum absolute atomic E-state index is 0.284. The molecule has 0 unspecified atom stereocenters. The number of carbonyl (C=O) groups is 1. The Morgan fingerprint density at radius 2 is 1.75 bits per heavy atom. The lowest BCUT2D eigenvalue weighted by Crippen LogP contribution is -2.40. The highest BCUT2D eigenvalue weighted by Crippen LogP contribution is 2.36. The number of nitrogens with zero attached hydrogens (tertiary/aromatic N) is 2. The maximum absolute atomic E-state index is 13.9. The molecule has 0 bridgehead atoms. The Morgan fingerprint density at radius 3 is 2.40 bits per heavy atom. The minimum atomic E-state index is -0.706. The van der Waals surface area contributed by atoms with Gasteiger partial charge in [-0.2, -0.15) is 0 Å². The first-order valence-corrected chi connectivity index (χ1v) is 13.5. The Labute approximate surface area is 239 Å². The third-order valence-corrected chi connectivity index (χ3v) is 7.75. The number of nitrogens with one attached hydrogen (secondary N) is 1. The summed E-state index contributed by atoms with van der Waals surface area (Å²) in [6, 6.07) is 19.2. The third-order valence-electron chi connectivity index (χ3n) is 6.48. The highest BCUT2D eigenvalue weighted by molar-refractivity contribution is 7.07. The topological polar surface area (TPSA) is 91.2 Å². The number of rotatable bonds is 7. The summed E-state index contributed by atoms with van der Waals surface area (Å²) in [4.78, 5) is 32.8. The van der Waals surface area contributed by atoms with Gasteiger partial charge >= 0.3 is 0 Å². The second kappa shape index (κ2) is 11.4. The number of ether oxygens (including phenoxy) is 3. The first-order chi connectivity index (χ1) is 19.3. The van der Waals surface area contributed by atoms with E-state index >= 15 is 0 Å². The van der Waals surface area contributed by atoms with Crippen molar-refractivity contribution in [1.29, 1.82) is 0 Å². The fourth-order valence-corrected chi connectivity index (χ4v) is 5.95. The van der Waals surface area contributed by atoms with E-state index in [4.69, 9.17) is 25.8 Å². The van der Waals surface area contributed by atoms with Crippen molar-refractivity contribution in [3.8, 4) is 17.2 Å². The van der Waals surface area contributed by atoms with Gasteiger partial charge in [0.05, 0.1) is 48.2 Å². The van der Waals surface area contributed by atoms with Crippen LogP contribution in [0.1, 0.15) is 24.1 Å². The summed E-state index contributed by atoms with van der Waals surface area (Å²) in [7, 11) is 4.61. The molecule has 1 aliphatic rings. The molecule has 8 nitrogen and oxygen atoms in total. The van der Waals surface area contributed by atoms with Crippen LogP contribution in [0.3, 0.4) is 0 Å². The Hall–Kier alpha value is -4.34. The Morgan fingerprint density at radius 1 is 1.02 bits per heavy atom. The number of hydrogen-bond acceptors (Lipinski definition) is 7. The number of fused-ring (bicyclic) bond motifs is 1. The fourth-order valence-electron chi connectivity index (χ4n) is 4.61. The number of benzene rings is 3. The lowest BCUT2D eigenvalue weighted by atomic mass is 9.95. The van der Waals surface area contributed by atoms with Crippen molar-refractivity contribution in [2.75, 3.05) is 26.6 Å². The van der Waals surface area contributed by atoms with Crippen LogP contribution < -0.4 is 34.4 Å². The number of anilines is 1. The van der Waals surface area contributed by atoms with Crippen LogP contribution in [0.4, 0.5) is 5.69 Å². The Bertz CT molecular complexity index is 1790. The molecule has 0 saturated carbocycles. The summed E-state index contributed by atoms with van der Waals surface area (Å²) in [6.45, 7) is 1.78. The van der Waals surface area contributed by atoms with Gasteiger partial charge in [-0.05, 0) is 60.5 Å². The van der Waals surface area contributed by atoms with E-state index in [1.165, 1.54) is 25.6 Å². The molecule has 204 valence electrons. The van der Waals surface area contributed by atoms with Gasteiger partial charge in [0.2, 0.25) is 0 Å². The second-order valence-electron chi connectivity index (χ2n) is 8.91. The highest BCUT2D eigenvalue weighted by atomic mass is 35.5. The molecule has 1 amide bonds. The van der Waals surface area contributed by atoms with Crippen LogP contribution in [0.2, 0.25) is 5.02 Å². The lowest BCUT2D eigenvalue weighted by molar-refractivity contribution is -0.113. The molecule has 0 aliphatic carbocycles. The van der Waals surface area contributed by atoms with Gasteiger partial charge in [-0.25, -0.2) is 4.99 Å². The minimum Gasteiger partial charge on any atom is -0.497 e. The van der Waals surface area contributed by atoms with E-state index in [1.54, 1.807) is 61.1 Å². The van der Waals surface area contributed by atoms with Crippen molar-refractivity contribution < 1.29 is 19.0 Å². The molecule has 2 heterocycles. The first-order valence-electron chi connectivity index (χ1n) is 12.3. The summed E-state index contributed by atoms with van der Waals surface area (Å²) in [5, 5.41) is 3.30. The molecule has 40 heavy (non-hydrogen) atoms. The van der Waals surface area contributed by atoms with E-state index in [0.29, 0.717) is 54.1 Å². The van der Waals surface area contributed by atoms with E-state index in [1.807, 2.05) is 30.3 Å². The zero-order valence-electron chi connectivity index (χ0n) is 22.2. The quantitative estimate of drug-likeness (QED) is 0.349. The molecular formula is C30H26ClN3O5S. The van der Waals surface area contributed by atoms with E-state index < -0.39 is 6.04 Å². The molecule has 1 aliphatic heterocycles. The maximum atomic E-state index is 13.9. The van der Waals surface area contributed by atoms with Gasteiger partial charge < -0.3 is 19.5 Å². The van der Waals surface area contributed by atoms with Crippen LogP contribution in [-0.2, 0) is 4.79 Å². The monoisotopic (exact) mass is 575 g/mol. The lowest BCUT2D eigenvalue weighted by Gasteiger charge is -2.25. The smallest absolute Gasteiger partial charge is 0.271 e. The number of carbonyl (C=O) groups excluding carboxylic acids is 1. The van der Waals surface area contributed by atoms with E-state index in [0.717, 1.165) is 5.56 Å². The molecule has 4 aromatic rings. The summed E-state index contributed by atoms with van der Waals surface area (Å²) in [5.41, 5.74) is 2.66. The molecular weight excluding hydrogens is 550 g/mol.